The van der Waals surface area contributed by atoms with E-state index in [1.165, 1.54) is 0 Å². The number of hydrogen-bond acceptors (Lipinski definition) is 2. The van der Waals surface area contributed by atoms with E-state index in [1.807, 2.05) is 13.8 Å². The van der Waals surface area contributed by atoms with Crippen LogP contribution in [0.1, 0.15) is 26.7 Å². The number of allylic oxidation sites excluding steroid dienone is 1. The Morgan fingerprint density at radius 1 is 1.50 bits per heavy atom. The number of carbonyl (C=O) groups excluding carboxylic acids is 1. The minimum Gasteiger partial charge on any atom is -0.501 e. The van der Waals surface area contributed by atoms with Crippen molar-refractivity contribution in [1.29, 1.82) is 0 Å². The highest BCUT2D eigenvalue weighted by molar-refractivity contribution is 5.48. The number of unbranched alkanes of at least 4 members (excludes halogenated alkanes) is 1. The number of aldehydes is 1. The quantitative estimate of drug-likeness (QED) is 0.333. The lowest BCUT2D eigenvalue weighted by atomic mass is 10.3. The molecule has 0 aromatic carbocycles. The van der Waals surface area contributed by atoms with Gasteiger partial charge in [-0.25, -0.2) is 0 Å². The van der Waals surface area contributed by atoms with Gasteiger partial charge in [0.15, 0.2) is 0 Å². The first-order chi connectivity index (χ1) is 4.77. The van der Waals surface area contributed by atoms with Gasteiger partial charge in [-0.2, -0.15) is 0 Å². The highest BCUT2D eigenvalue weighted by Crippen LogP contribution is 1.92. The summed E-state index contributed by atoms with van der Waals surface area (Å²) in [7, 11) is 0. The summed E-state index contributed by atoms with van der Waals surface area (Å²) >= 11 is 0. The summed E-state index contributed by atoms with van der Waals surface area (Å²) < 4.78 is 5.08. The molecule has 0 atom stereocenters. The van der Waals surface area contributed by atoms with E-state index in [1.54, 1.807) is 6.26 Å². The van der Waals surface area contributed by atoms with Crippen LogP contribution in [0.5, 0.6) is 0 Å². The van der Waals surface area contributed by atoms with Crippen molar-refractivity contribution in [3.05, 3.63) is 11.8 Å². The first-order valence-electron chi connectivity index (χ1n) is 3.46. The lowest BCUT2D eigenvalue weighted by molar-refractivity contribution is -0.108. The average Bonchev–Trinajstić information content (AvgIpc) is 1.87. The predicted octanol–water partition coefficient (Wildman–Crippen LogP) is 1.91. The molecular formula is C8H14O2. The average molecular weight is 142 g/mol. The molecule has 0 bridgehead atoms. The highest BCUT2D eigenvalue weighted by Gasteiger charge is 1.83. The molecule has 0 radical (unpaired) electrons. The van der Waals surface area contributed by atoms with Gasteiger partial charge in [0.2, 0.25) is 0 Å². The Kier molecular flexibility index (Phi) is 5.83. The third kappa shape index (κ3) is 7.21. The van der Waals surface area contributed by atoms with E-state index in [-0.39, 0.29) is 0 Å². The first kappa shape index (κ1) is 9.21. The minimum absolute atomic E-state index is 0.594. The summed E-state index contributed by atoms with van der Waals surface area (Å²) in [5.74, 6) is 0. The summed E-state index contributed by atoms with van der Waals surface area (Å²) in [6.07, 6.45) is 4.03. The Balaban J connectivity index is 3.05. The van der Waals surface area contributed by atoms with Gasteiger partial charge in [0.05, 0.1) is 12.9 Å². The molecule has 0 aliphatic rings. The molecule has 0 rings (SSSR count). The summed E-state index contributed by atoms with van der Waals surface area (Å²) in [6.45, 7) is 4.59. The molecule has 0 heterocycles. The van der Waals surface area contributed by atoms with Crippen LogP contribution in [0.15, 0.2) is 11.8 Å². The van der Waals surface area contributed by atoms with Gasteiger partial charge in [-0.15, -0.1) is 0 Å². The van der Waals surface area contributed by atoms with E-state index in [0.29, 0.717) is 13.0 Å². The van der Waals surface area contributed by atoms with Crippen molar-refractivity contribution in [2.75, 3.05) is 6.61 Å². The van der Waals surface area contributed by atoms with E-state index in [0.717, 1.165) is 18.3 Å². The fourth-order valence-corrected chi connectivity index (χ4v) is 0.476. The van der Waals surface area contributed by atoms with Gasteiger partial charge >= 0.3 is 0 Å². The van der Waals surface area contributed by atoms with Gasteiger partial charge in [0, 0.05) is 6.42 Å². The molecule has 0 amide bonds. The molecule has 0 fully saturated rings. The zero-order chi connectivity index (χ0) is 7.82. The van der Waals surface area contributed by atoms with Crippen LogP contribution in [0.25, 0.3) is 0 Å². The normalized spacial score (nSPS) is 8.60. The van der Waals surface area contributed by atoms with Gasteiger partial charge in [0.1, 0.15) is 6.29 Å². The maximum atomic E-state index is 9.83. The van der Waals surface area contributed by atoms with Crippen LogP contribution in [-0.4, -0.2) is 12.9 Å². The summed E-state index contributed by atoms with van der Waals surface area (Å²) in [5.41, 5.74) is 1.14. The third-order valence-electron chi connectivity index (χ3n) is 0.903. The maximum absolute atomic E-state index is 9.83. The van der Waals surface area contributed by atoms with Crippen molar-refractivity contribution in [1.82, 2.24) is 0 Å². The Morgan fingerprint density at radius 3 is 2.70 bits per heavy atom. The third-order valence-corrected chi connectivity index (χ3v) is 0.903. The molecule has 0 aliphatic carbocycles. The lowest BCUT2D eigenvalue weighted by Gasteiger charge is -1.97. The van der Waals surface area contributed by atoms with E-state index in [2.05, 4.69) is 0 Å². The molecule has 0 aromatic heterocycles. The monoisotopic (exact) mass is 142 g/mol. The second-order valence-electron chi connectivity index (χ2n) is 2.37. The van der Waals surface area contributed by atoms with Crippen molar-refractivity contribution in [3.63, 3.8) is 0 Å². The van der Waals surface area contributed by atoms with Crippen LogP contribution in [0.2, 0.25) is 0 Å². The van der Waals surface area contributed by atoms with Crippen LogP contribution >= 0.6 is 0 Å². The second kappa shape index (κ2) is 6.33. The Bertz CT molecular complexity index is 112. The Hall–Kier alpha value is -0.790. The standard InChI is InChI=1S/C8H14O2/c1-8(2)7-10-6-4-3-5-9/h5,7H,3-4,6H2,1-2H3. The Morgan fingerprint density at radius 2 is 2.20 bits per heavy atom. The number of ether oxygens (including phenoxy) is 1. The van der Waals surface area contributed by atoms with Crippen LogP contribution in [-0.2, 0) is 9.53 Å². The molecule has 2 nitrogen and oxygen atoms in total. The van der Waals surface area contributed by atoms with Crippen molar-refractivity contribution in [3.8, 4) is 0 Å². The van der Waals surface area contributed by atoms with Gasteiger partial charge in [-0.05, 0) is 25.8 Å². The molecule has 2 heteroatoms. The van der Waals surface area contributed by atoms with Crippen molar-refractivity contribution >= 4 is 6.29 Å². The molecule has 0 unspecified atom stereocenters. The van der Waals surface area contributed by atoms with Gasteiger partial charge in [-0.3, -0.25) is 0 Å². The van der Waals surface area contributed by atoms with Gasteiger partial charge < -0.3 is 9.53 Å². The number of hydrogen-bond donors (Lipinski definition) is 0. The molecule has 0 spiro atoms. The zero-order valence-electron chi connectivity index (χ0n) is 6.59. The van der Waals surface area contributed by atoms with Crippen LogP contribution in [0.4, 0.5) is 0 Å². The molecule has 0 N–H and O–H groups in total. The largest absolute Gasteiger partial charge is 0.501 e. The van der Waals surface area contributed by atoms with Crippen LogP contribution < -0.4 is 0 Å². The molecule has 0 aromatic rings. The fourth-order valence-electron chi connectivity index (χ4n) is 0.476. The molecule has 0 saturated heterocycles. The number of carbonyl (C=O) groups is 1. The Labute approximate surface area is 61.9 Å². The SMILES string of the molecule is CC(C)=COCCCC=O. The van der Waals surface area contributed by atoms with Gasteiger partial charge in [0.25, 0.3) is 0 Å². The predicted molar refractivity (Wildman–Crippen MR) is 40.7 cm³/mol. The zero-order valence-corrected chi connectivity index (χ0v) is 6.59. The van der Waals surface area contributed by atoms with E-state index in [9.17, 15) is 4.79 Å². The molecular weight excluding hydrogens is 128 g/mol. The van der Waals surface area contributed by atoms with Crippen molar-refractivity contribution in [2.24, 2.45) is 0 Å². The highest BCUT2D eigenvalue weighted by atomic mass is 16.5. The van der Waals surface area contributed by atoms with E-state index in [4.69, 9.17) is 4.74 Å². The molecule has 58 valence electrons. The first-order valence-corrected chi connectivity index (χ1v) is 3.46. The smallest absolute Gasteiger partial charge is 0.120 e. The van der Waals surface area contributed by atoms with E-state index >= 15 is 0 Å². The van der Waals surface area contributed by atoms with Crippen LogP contribution in [0.3, 0.4) is 0 Å². The summed E-state index contributed by atoms with van der Waals surface area (Å²) in [6, 6.07) is 0. The minimum atomic E-state index is 0.594. The topological polar surface area (TPSA) is 26.3 Å². The lowest BCUT2D eigenvalue weighted by Crippen LogP contribution is -1.88. The van der Waals surface area contributed by atoms with Gasteiger partial charge in [-0.1, -0.05) is 0 Å². The fraction of sp³-hybridized carbons (Fsp3) is 0.625. The summed E-state index contributed by atoms with van der Waals surface area (Å²) in [5, 5.41) is 0. The summed E-state index contributed by atoms with van der Waals surface area (Å²) in [4.78, 5) is 9.83. The van der Waals surface area contributed by atoms with E-state index < -0.39 is 0 Å². The number of rotatable bonds is 5. The molecule has 10 heavy (non-hydrogen) atoms. The van der Waals surface area contributed by atoms with Crippen molar-refractivity contribution in [2.45, 2.75) is 26.7 Å². The van der Waals surface area contributed by atoms with Crippen LogP contribution in [0, 0.1) is 0 Å². The maximum Gasteiger partial charge on any atom is 0.120 e. The second-order valence-corrected chi connectivity index (χ2v) is 2.37. The molecule has 0 saturated carbocycles. The van der Waals surface area contributed by atoms with Crippen molar-refractivity contribution < 1.29 is 9.53 Å². The molecule has 0 aliphatic heterocycles.